The number of aromatic nitrogens is 1. The molecule has 0 aliphatic carbocycles. The second kappa shape index (κ2) is 5.90. The Kier molecular flexibility index (Phi) is 4.53. The van der Waals surface area contributed by atoms with Gasteiger partial charge in [-0.1, -0.05) is 0 Å². The van der Waals surface area contributed by atoms with E-state index in [2.05, 4.69) is 15.0 Å². The van der Waals surface area contributed by atoms with Crippen molar-refractivity contribution in [3.63, 3.8) is 0 Å². The Bertz CT molecular complexity index is 407. The Morgan fingerprint density at radius 3 is 2.82 bits per heavy atom. The third-order valence-electron chi connectivity index (χ3n) is 1.89. The molecule has 92 valence electrons. The minimum absolute atomic E-state index is 0.0107. The first-order valence-electron chi connectivity index (χ1n) is 4.70. The van der Waals surface area contributed by atoms with E-state index >= 15 is 0 Å². The molecule has 0 radical (unpaired) electrons. The molecular weight excluding hydrogens is 231 g/mol. The number of hydrogen-bond donors (Lipinski definition) is 2. The van der Waals surface area contributed by atoms with E-state index in [1.54, 1.807) is 0 Å². The van der Waals surface area contributed by atoms with Crippen molar-refractivity contribution < 1.29 is 23.8 Å². The van der Waals surface area contributed by atoms with Gasteiger partial charge in [0.2, 0.25) is 0 Å². The van der Waals surface area contributed by atoms with Crippen molar-refractivity contribution in [2.75, 3.05) is 13.7 Å². The van der Waals surface area contributed by atoms with E-state index in [-0.39, 0.29) is 12.2 Å². The number of methoxy groups -OCH3 is 1. The molecule has 0 saturated carbocycles. The van der Waals surface area contributed by atoms with Crippen molar-refractivity contribution >= 4 is 11.9 Å². The number of esters is 1. The molecule has 0 aliphatic rings. The summed E-state index contributed by atoms with van der Waals surface area (Å²) in [4.78, 5) is 25.8. The summed E-state index contributed by atoms with van der Waals surface area (Å²) in [7, 11) is 1.12. The van der Waals surface area contributed by atoms with E-state index in [0.29, 0.717) is 0 Å². The topological polar surface area (TPSA) is 88.5 Å². The van der Waals surface area contributed by atoms with E-state index in [0.717, 1.165) is 19.4 Å². The number of aliphatic hydroxyl groups excluding tert-OH is 1. The molecule has 1 unspecified atom stereocenters. The first-order valence-corrected chi connectivity index (χ1v) is 4.70. The van der Waals surface area contributed by atoms with Crippen LogP contribution in [0.4, 0.5) is 4.39 Å². The second-order valence-electron chi connectivity index (χ2n) is 3.11. The van der Waals surface area contributed by atoms with E-state index in [1.165, 1.54) is 6.07 Å². The first-order chi connectivity index (χ1) is 8.04. The number of pyridine rings is 1. The van der Waals surface area contributed by atoms with Crippen LogP contribution in [0.3, 0.4) is 0 Å². The van der Waals surface area contributed by atoms with Crippen molar-refractivity contribution in [2.45, 2.75) is 6.10 Å². The summed E-state index contributed by atoms with van der Waals surface area (Å²) >= 11 is 0. The lowest BCUT2D eigenvalue weighted by Crippen LogP contribution is -2.37. The predicted molar refractivity (Wildman–Crippen MR) is 54.6 cm³/mol. The molecular formula is C10H11FN2O4. The van der Waals surface area contributed by atoms with Gasteiger partial charge in [0, 0.05) is 0 Å². The van der Waals surface area contributed by atoms with Gasteiger partial charge in [0.15, 0.2) is 6.10 Å². The van der Waals surface area contributed by atoms with Crippen LogP contribution in [0.5, 0.6) is 0 Å². The van der Waals surface area contributed by atoms with Crippen molar-refractivity contribution in [3.8, 4) is 0 Å². The van der Waals surface area contributed by atoms with Crippen molar-refractivity contribution in [2.24, 2.45) is 0 Å². The Morgan fingerprint density at radius 1 is 1.59 bits per heavy atom. The van der Waals surface area contributed by atoms with Crippen molar-refractivity contribution in [1.82, 2.24) is 10.3 Å². The third kappa shape index (κ3) is 3.80. The fraction of sp³-hybridized carbons (Fsp3) is 0.300. The molecule has 0 saturated heterocycles. The number of rotatable bonds is 4. The largest absolute Gasteiger partial charge is 0.467 e. The maximum Gasteiger partial charge on any atom is 0.336 e. The third-order valence-corrected chi connectivity index (χ3v) is 1.89. The SMILES string of the molecule is COC(=O)C(O)CNC(=O)c1ccc(F)cn1. The summed E-state index contributed by atoms with van der Waals surface area (Å²) in [5.41, 5.74) is -0.0107. The number of nitrogens with one attached hydrogen (secondary N) is 1. The van der Waals surface area contributed by atoms with Crippen LogP contribution in [0, 0.1) is 5.82 Å². The average molecular weight is 242 g/mol. The number of halogens is 1. The van der Waals surface area contributed by atoms with E-state index in [4.69, 9.17) is 0 Å². The van der Waals surface area contributed by atoms with Gasteiger partial charge in [-0.15, -0.1) is 0 Å². The van der Waals surface area contributed by atoms with Crippen LogP contribution in [-0.4, -0.2) is 41.7 Å². The van der Waals surface area contributed by atoms with Crippen molar-refractivity contribution in [3.05, 3.63) is 29.8 Å². The number of carbonyl (C=O) groups excluding carboxylic acids is 2. The van der Waals surface area contributed by atoms with Gasteiger partial charge in [-0.2, -0.15) is 0 Å². The van der Waals surface area contributed by atoms with Gasteiger partial charge in [-0.25, -0.2) is 14.2 Å². The highest BCUT2D eigenvalue weighted by Gasteiger charge is 2.17. The van der Waals surface area contributed by atoms with Crippen LogP contribution in [0.15, 0.2) is 18.3 Å². The molecule has 0 aliphatic heterocycles. The first kappa shape index (κ1) is 13.0. The standard InChI is InChI=1S/C10H11FN2O4/c1-17-10(16)8(14)5-13-9(15)7-3-2-6(11)4-12-7/h2-4,8,14H,5H2,1H3,(H,13,15). The Hall–Kier alpha value is -2.02. The summed E-state index contributed by atoms with van der Waals surface area (Å²) in [5, 5.41) is 11.4. The molecule has 7 heteroatoms. The number of nitrogens with zero attached hydrogens (tertiary/aromatic N) is 1. The van der Waals surface area contributed by atoms with Crippen LogP contribution in [0.1, 0.15) is 10.5 Å². The fourth-order valence-corrected chi connectivity index (χ4v) is 1.01. The van der Waals surface area contributed by atoms with E-state index in [1.807, 2.05) is 0 Å². The van der Waals surface area contributed by atoms with Gasteiger partial charge in [-0.05, 0) is 12.1 Å². The fourth-order valence-electron chi connectivity index (χ4n) is 1.01. The van der Waals surface area contributed by atoms with Gasteiger partial charge in [-0.3, -0.25) is 4.79 Å². The molecule has 1 rings (SSSR count). The average Bonchev–Trinajstić information content (AvgIpc) is 2.35. The summed E-state index contributed by atoms with van der Waals surface area (Å²) in [5.74, 6) is -2.03. The zero-order valence-electron chi connectivity index (χ0n) is 9.01. The number of carbonyl (C=O) groups is 2. The predicted octanol–water partition coefficient (Wildman–Crippen LogP) is -0.516. The molecule has 1 atom stereocenters. The highest BCUT2D eigenvalue weighted by Crippen LogP contribution is 1.98. The molecule has 1 aromatic rings. The second-order valence-corrected chi connectivity index (χ2v) is 3.11. The highest BCUT2D eigenvalue weighted by atomic mass is 19.1. The maximum absolute atomic E-state index is 12.5. The monoisotopic (exact) mass is 242 g/mol. The molecule has 0 bridgehead atoms. The van der Waals surface area contributed by atoms with Gasteiger partial charge >= 0.3 is 5.97 Å². The van der Waals surface area contributed by atoms with Crippen LogP contribution < -0.4 is 5.32 Å². The van der Waals surface area contributed by atoms with E-state index < -0.39 is 23.8 Å². The Balaban J connectivity index is 2.50. The summed E-state index contributed by atoms with van der Waals surface area (Å²) in [6, 6.07) is 2.27. The van der Waals surface area contributed by atoms with Crippen molar-refractivity contribution in [1.29, 1.82) is 0 Å². The number of hydrogen-bond acceptors (Lipinski definition) is 5. The molecule has 17 heavy (non-hydrogen) atoms. The lowest BCUT2D eigenvalue weighted by molar-refractivity contribution is -0.149. The zero-order valence-corrected chi connectivity index (χ0v) is 9.01. The van der Waals surface area contributed by atoms with Crippen LogP contribution in [0.25, 0.3) is 0 Å². The summed E-state index contributed by atoms with van der Waals surface area (Å²) in [6.45, 7) is -0.301. The van der Waals surface area contributed by atoms with Crippen LogP contribution in [-0.2, 0) is 9.53 Å². The van der Waals surface area contributed by atoms with Gasteiger partial charge < -0.3 is 15.2 Å². The number of aliphatic hydroxyl groups is 1. The quantitative estimate of drug-likeness (QED) is 0.694. The smallest absolute Gasteiger partial charge is 0.336 e. The lowest BCUT2D eigenvalue weighted by Gasteiger charge is -2.09. The lowest BCUT2D eigenvalue weighted by atomic mass is 10.3. The minimum Gasteiger partial charge on any atom is -0.467 e. The van der Waals surface area contributed by atoms with Crippen LogP contribution in [0.2, 0.25) is 0 Å². The molecule has 2 N–H and O–H groups in total. The van der Waals surface area contributed by atoms with E-state index in [9.17, 15) is 19.1 Å². The zero-order chi connectivity index (χ0) is 12.8. The Labute approximate surface area is 96.4 Å². The highest BCUT2D eigenvalue weighted by molar-refractivity contribution is 5.92. The molecule has 0 fully saturated rings. The van der Waals surface area contributed by atoms with Gasteiger partial charge in [0.1, 0.15) is 11.5 Å². The number of ether oxygens (including phenoxy) is 1. The summed E-state index contributed by atoms with van der Waals surface area (Å²) < 4.78 is 16.8. The summed E-state index contributed by atoms with van der Waals surface area (Å²) in [6.07, 6.45) is -0.546. The molecule has 1 aromatic heterocycles. The molecule has 1 heterocycles. The van der Waals surface area contributed by atoms with Gasteiger partial charge in [0.25, 0.3) is 5.91 Å². The molecule has 6 nitrogen and oxygen atoms in total. The van der Waals surface area contributed by atoms with Crippen LogP contribution >= 0.6 is 0 Å². The minimum atomic E-state index is -1.44. The molecule has 1 amide bonds. The maximum atomic E-state index is 12.5. The molecule has 0 spiro atoms. The normalized spacial score (nSPS) is 11.7. The Morgan fingerprint density at radius 2 is 2.29 bits per heavy atom. The number of amides is 1. The van der Waals surface area contributed by atoms with Gasteiger partial charge in [0.05, 0.1) is 19.9 Å². The molecule has 0 aromatic carbocycles.